The normalized spacial score (nSPS) is 9.94. The van der Waals surface area contributed by atoms with E-state index in [0.717, 1.165) is 16.7 Å². The van der Waals surface area contributed by atoms with Crippen molar-refractivity contribution < 1.29 is 5.11 Å². The Kier molecular flexibility index (Phi) is 3.03. The van der Waals surface area contributed by atoms with Crippen molar-refractivity contribution in [2.24, 2.45) is 0 Å². The van der Waals surface area contributed by atoms with Gasteiger partial charge < -0.3 is 5.11 Å². The average molecular weight is 244 g/mol. The van der Waals surface area contributed by atoms with Crippen LogP contribution in [0.25, 0.3) is 11.1 Å². The van der Waals surface area contributed by atoms with E-state index in [9.17, 15) is 5.11 Å². The molecule has 0 radical (unpaired) electrons. The molecule has 0 aliphatic carbocycles. The Hall–Kier alpha value is -1.98. The number of phenols is 1. The first-order valence-electron chi connectivity index (χ1n) is 5.11. The zero-order valence-corrected chi connectivity index (χ0v) is 9.99. The highest BCUT2D eigenvalue weighted by Gasteiger charge is 2.05. The second-order valence-electron chi connectivity index (χ2n) is 3.86. The molecular formula is C14H10ClNO. The standard InChI is InChI=1S/C14H10ClNO/c1-9-4-11(7-13(15)5-9)10-2-3-14(17)12(6-10)8-16/h2-7,17H,1H3. The maximum Gasteiger partial charge on any atom is 0.133 e. The van der Waals surface area contributed by atoms with Crippen LogP contribution in [-0.2, 0) is 0 Å². The van der Waals surface area contributed by atoms with Crippen molar-refractivity contribution in [1.29, 1.82) is 5.26 Å². The van der Waals surface area contributed by atoms with Crippen LogP contribution in [0.3, 0.4) is 0 Å². The van der Waals surface area contributed by atoms with Crippen molar-refractivity contribution in [3.8, 4) is 22.9 Å². The van der Waals surface area contributed by atoms with Gasteiger partial charge in [-0.3, -0.25) is 0 Å². The van der Waals surface area contributed by atoms with Gasteiger partial charge in [-0.2, -0.15) is 5.26 Å². The Morgan fingerprint density at radius 2 is 1.88 bits per heavy atom. The largest absolute Gasteiger partial charge is 0.507 e. The molecule has 3 heteroatoms. The number of hydrogen-bond acceptors (Lipinski definition) is 2. The van der Waals surface area contributed by atoms with E-state index in [-0.39, 0.29) is 11.3 Å². The second-order valence-corrected chi connectivity index (χ2v) is 4.30. The fraction of sp³-hybridized carbons (Fsp3) is 0.0714. The Morgan fingerprint density at radius 1 is 1.12 bits per heavy atom. The van der Waals surface area contributed by atoms with Crippen LogP contribution in [0.15, 0.2) is 36.4 Å². The predicted octanol–water partition coefficient (Wildman–Crippen LogP) is 3.89. The van der Waals surface area contributed by atoms with Crippen LogP contribution in [0.5, 0.6) is 5.75 Å². The summed E-state index contributed by atoms with van der Waals surface area (Å²) in [6.07, 6.45) is 0. The summed E-state index contributed by atoms with van der Waals surface area (Å²) in [5.74, 6) is -0.00463. The molecule has 2 aromatic carbocycles. The summed E-state index contributed by atoms with van der Waals surface area (Å²) in [4.78, 5) is 0. The van der Waals surface area contributed by atoms with Crippen molar-refractivity contribution in [1.82, 2.24) is 0 Å². The molecule has 84 valence electrons. The lowest BCUT2D eigenvalue weighted by atomic mass is 10.0. The molecule has 0 saturated heterocycles. The molecule has 0 aliphatic rings. The Labute approximate surface area is 105 Å². The van der Waals surface area contributed by atoms with Crippen LogP contribution in [0.2, 0.25) is 5.02 Å². The molecule has 0 aliphatic heterocycles. The van der Waals surface area contributed by atoms with E-state index >= 15 is 0 Å². The van der Waals surface area contributed by atoms with Crippen molar-refractivity contribution in [2.45, 2.75) is 6.92 Å². The number of rotatable bonds is 1. The first kappa shape index (κ1) is 11.5. The Balaban J connectivity index is 2.57. The first-order valence-corrected chi connectivity index (χ1v) is 5.48. The minimum absolute atomic E-state index is 0.00463. The van der Waals surface area contributed by atoms with Gasteiger partial charge in [-0.25, -0.2) is 0 Å². The smallest absolute Gasteiger partial charge is 0.133 e. The summed E-state index contributed by atoms with van der Waals surface area (Å²) >= 11 is 5.99. The molecule has 17 heavy (non-hydrogen) atoms. The molecule has 0 saturated carbocycles. The maximum atomic E-state index is 9.44. The topological polar surface area (TPSA) is 44.0 Å². The summed E-state index contributed by atoms with van der Waals surface area (Å²) < 4.78 is 0. The molecule has 1 N–H and O–H groups in total. The van der Waals surface area contributed by atoms with Gasteiger partial charge in [0.1, 0.15) is 11.8 Å². The van der Waals surface area contributed by atoms with Crippen LogP contribution in [-0.4, -0.2) is 5.11 Å². The lowest BCUT2D eigenvalue weighted by Crippen LogP contribution is -1.83. The molecule has 2 rings (SSSR count). The summed E-state index contributed by atoms with van der Waals surface area (Å²) in [5.41, 5.74) is 3.12. The molecule has 0 unspecified atom stereocenters. The van der Waals surface area contributed by atoms with Crippen molar-refractivity contribution in [3.63, 3.8) is 0 Å². The fourth-order valence-electron chi connectivity index (χ4n) is 1.71. The molecule has 0 atom stereocenters. The van der Waals surface area contributed by atoms with Crippen molar-refractivity contribution >= 4 is 11.6 Å². The number of halogens is 1. The molecular weight excluding hydrogens is 234 g/mol. The summed E-state index contributed by atoms with van der Waals surface area (Å²) in [5, 5.41) is 19.0. The third kappa shape index (κ3) is 2.41. The highest BCUT2D eigenvalue weighted by Crippen LogP contribution is 2.28. The van der Waals surface area contributed by atoms with Crippen LogP contribution >= 0.6 is 11.6 Å². The number of phenolic OH excluding ortho intramolecular Hbond substituents is 1. The van der Waals surface area contributed by atoms with Gasteiger partial charge in [0.15, 0.2) is 0 Å². The van der Waals surface area contributed by atoms with Gasteiger partial charge in [-0.15, -0.1) is 0 Å². The van der Waals surface area contributed by atoms with Gasteiger partial charge in [0.2, 0.25) is 0 Å². The average Bonchev–Trinajstić information content (AvgIpc) is 2.28. The van der Waals surface area contributed by atoms with Gasteiger partial charge in [0, 0.05) is 5.02 Å². The van der Waals surface area contributed by atoms with Gasteiger partial charge in [0.25, 0.3) is 0 Å². The zero-order valence-electron chi connectivity index (χ0n) is 9.24. The van der Waals surface area contributed by atoms with Crippen LogP contribution in [0, 0.1) is 18.3 Å². The van der Waals surface area contributed by atoms with E-state index in [1.165, 1.54) is 6.07 Å². The van der Waals surface area contributed by atoms with Gasteiger partial charge in [0.05, 0.1) is 5.56 Å². The maximum absolute atomic E-state index is 9.44. The minimum Gasteiger partial charge on any atom is -0.507 e. The van der Waals surface area contributed by atoms with Crippen LogP contribution in [0.4, 0.5) is 0 Å². The van der Waals surface area contributed by atoms with E-state index < -0.39 is 0 Å². The number of nitrogens with zero attached hydrogens (tertiary/aromatic N) is 1. The summed E-state index contributed by atoms with van der Waals surface area (Å²) in [6.45, 7) is 1.96. The van der Waals surface area contributed by atoms with Crippen LogP contribution < -0.4 is 0 Å². The summed E-state index contributed by atoms with van der Waals surface area (Å²) in [7, 11) is 0. The molecule has 0 heterocycles. The number of aromatic hydroxyl groups is 1. The van der Waals surface area contributed by atoms with E-state index in [2.05, 4.69) is 0 Å². The lowest BCUT2D eigenvalue weighted by molar-refractivity contribution is 0.473. The minimum atomic E-state index is -0.00463. The Bertz CT molecular complexity index is 594. The zero-order chi connectivity index (χ0) is 12.4. The fourth-order valence-corrected chi connectivity index (χ4v) is 2.00. The predicted molar refractivity (Wildman–Crippen MR) is 68.0 cm³/mol. The Morgan fingerprint density at radius 3 is 2.53 bits per heavy atom. The number of aryl methyl sites for hydroxylation is 1. The SMILES string of the molecule is Cc1cc(Cl)cc(-c2ccc(O)c(C#N)c2)c1. The van der Waals surface area contributed by atoms with E-state index in [0.29, 0.717) is 5.02 Å². The van der Waals surface area contributed by atoms with Crippen molar-refractivity contribution in [2.75, 3.05) is 0 Å². The van der Waals surface area contributed by atoms with Gasteiger partial charge in [-0.05, 0) is 47.9 Å². The lowest BCUT2D eigenvalue weighted by Gasteiger charge is -2.05. The second kappa shape index (κ2) is 4.48. The third-order valence-corrected chi connectivity index (χ3v) is 2.71. The third-order valence-electron chi connectivity index (χ3n) is 2.49. The number of nitriles is 1. The monoisotopic (exact) mass is 243 g/mol. The number of hydrogen-bond donors (Lipinski definition) is 1. The molecule has 0 aromatic heterocycles. The van der Waals surface area contributed by atoms with E-state index in [4.69, 9.17) is 16.9 Å². The highest BCUT2D eigenvalue weighted by molar-refractivity contribution is 6.30. The van der Waals surface area contributed by atoms with Crippen molar-refractivity contribution in [3.05, 3.63) is 52.5 Å². The highest BCUT2D eigenvalue weighted by atomic mass is 35.5. The molecule has 0 bridgehead atoms. The van der Waals surface area contributed by atoms with E-state index in [1.807, 2.05) is 31.2 Å². The first-order chi connectivity index (χ1) is 8.10. The number of benzene rings is 2. The van der Waals surface area contributed by atoms with Crippen LogP contribution in [0.1, 0.15) is 11.1 Å². The van der Waals surface area contributed by atoms with Gasteiger partial charge in [-0.1, -0.05) is 23.7 Å². The molecule has 0 spiro atoms. The molecule has 0 fully saturated rings. The molecule has 2 nitrogen and oxygen atoms in total. The molecule has 2 aromatic rings. The quantitative estimate of drug-likeness (QED) is 0.826. The molecule has 0 amide bonds. The van der Waals surface area contributed by atoms with E-state index in [1.54, 1.807) is 12.1 Å². The summed E-state index contributed by atoms with van der Waals surface area (Å²) in [6, 6.07) is 12.6. The van der Waals surface area contributed by atoms with Gasteiger partial charge >= 0.3 is 0 Å².